The van der Waals surface area contributed by atoms with Gasteiger partial charge in [-0.1, -0.05) is 24.3 Å². The Morgan fingerprint density at radius 3 is 2.62 bits per heavy atom. The van der Waals surface area contributed by atoms with Gasteiger partial charge in [-0.25, -0.2) is 0 Å². The molecular weight excluding hydrogens is 264 g/mol. The van der Waals surface area contributed by atoms with E-state index >= 15 is 0 Å². The van der Waals surface area contributed by atoms with Gasteiger partial charge in [-0.3, -0.25) is 4.79 Å². The molecule has 0 radical (unpaired) electrons. The predicted molar refractivity (Wildman–Crippen MR) is 85.6 cm³/mol. The van der Waals surface area contributed by atoms with Crippen LogP contribution >= 0.6 is 0 Å². The lowest BCUT2D eigenvalue weighted by Crippen LogP contribution is -2.32. The molecule has 0 saturated carbocycles. The lowest BCUT2D eigenvalue weighted by atomic mass is 10.1. The van der Waals surface area contributed by atoms with Gasteiger partial charge in [0.15, 0.2) is 0 Å². The molecule has 0 spiro atoms. The highest BCUT2D eigenvalue weighted by molar-refractivity contribution is 5.97. The standard InChI is InChI=1S/C17H20N2O2/c1-3-19(16-10-5-4-9-15(16)18)17(20)12-13-7-6-8-14(11-13)21-2/h4-11H,3,12,18H2,1-2H3. The van der Waals surface area contributed by atoms with Gasteiger partial charge in [0, 0.05) is 6.54 Å². The smallest absolute Gasteiger partial charge is 0.231 e. The Balaban J connectivity index is 2.19. The van der Waals surface area contributed by atoms with Crippen molar-refractivity contribution >= 4 is 17.3 Å². The van der Waals surface area contributed by atoms with Crippen LogP contribution in [0.3, 0.4) is 0 Å². The zero-order valence-corrected chi connectivity index (χ0v) is 12.4. The van der Waals surface area contributed by atoms with E-state index in [1.54, 1.807) is 18.1 Å². The minimum absolute atomic E-state index is 0.0173. The van der Waals surface area contributed by atoms with Crippen LogP contribution < -0.4 is 15.4 Å². The number of likely N-dealkylation sites (N-methyl/N-ethyl adjacent to an activating group) is 1. The molecule has 2 N–H and O–H groups in total. The summed E-state index contributed by atoms with van der Waals surface area (Å²) in [5.74, 6) is 0.770. The van der Waals surface area contributed by atoms with Crippen LogP contribution in [0.2, 0.25) is 0 Å². The summed E-state index contributed by atoms with van der Waals surface area (Å²) < 4.78 is 5.18. The van der Waals surface area contributed by atoms with Gasteiger partial charge in [0.2, 0.25) is 5.91 Å². The zero-order valence-electron chi connectivity index (χ0n) is 12.4. The highest BCUT2D eigenvalue weighted by atomic mass is 16.5. The topological polar surface area (TPSA) is 55.6 Å². The molecule has 0 aliphatic rings. The van der Waals surface area contributed by atoms with Crippen LogP contribution in [0.15, 0.2) is 48.5 Å². The lowest BCUT2D eigenvalue weighted by molar-refractivity contribution is -0.117. The summed E-state index contributed by atoms with van der Waals surface area (Å²) in [6.07, 6.45) is 0.319. The Morgan fingerprint density at radius 1 is 1.19 bits per heavy atom. The van der Waals surface area contributed by atoms with E-state index in [4.69, 9.17) is 10.5 Å². The van der Waals surface area contributed by atoms with E-state index in [0.29, 0.717) is 18.7 Å². The van der Waals surface area contributed by atoms with E-state index in [0.717, 1.165) is 17.0 Å². The van der Waals surface area contributed by atoms with Crippen LogP contribution in [0.5, 0.6) is 5.75 Å². The number of hydrogen-bond donors (Lipinski definition) is 1. The molecule has 0 atom stereocenters. The number of nitrogens with zero attached hydrogens (tertiary/aromatic N) is 1. The minimum Gasteiger partial charge on any atom is -0.497 e. The van der Waals surface area contributed by atoms with E-state index in [1.807, 2.05) is 49.4 Å². The number of amides is 1. The van der Waals surface area contributed by atoms with Crippen molar-refractivity contribution in [1.29, 1.82) is 0 Å². The number of hydrogen-bond acceptors (Lipinski definition) is 3. The molecule has 0 aliphatic carbocycles. The average Bonchev–Trinajstić information content (AvgIpc) is 2.50. The van der Waals surface area contributed by atoms with E-state index in [-0.39, 0.29) is 5.91 Å². The number of nitrogen functional groups attached to an aromatic ring is 1. The number of methoxy groups -OCH3 is 1. The van der Waals surface area contributed by atoms with E-state index in [2.05, 4.69) is 0 Å². The third kappa shape index (κ3) is 3.54. The number of ether oxygens (including phenoxy) is 1. The fourth-order valence-electron chi connectivity index (χ4n) is 2.27. The molecule has 21 heavy (non-hydrogen) atoms. The van der Waals surface area contributed by atoms with Gasteiger partial charge in [-0.05, 0) is 36.8 Å². The highest BCUT2D eigenvalue weighted by Gasteiger charge is 2.16. The molecule has 0 heterocycles. The van der Waals surface area contributed by atoms with Crippen molar-refractivity contribution < 1.29 is 9.53 Å². The Bertz CT molecular complexity index is 626. The van der Waals surface area contributed by atoms with Crippen molar-refractivity contribution in [2.75, 3.05) is 24.3 Å². The van der Waals surface area contributed by atoms with Gasteiger partial charge in [-0.15, -0.1) is 0 Å². The maximum Gasteiger partial charge on any atom is 0.231 e. The van der Waals surface area contributed by atoms with Crippen molar-refractivity contribution in [3.8, 4) is 5.75 Å². The summed E-state index contributed by atoms with van der Waals surface area (Å²) in [5, 5.41) is 0. The maximum atomic E-state index is 12.5. The molecular formula is C17H20N2O2. The molecule has 2 aromatic carbocycles. The number of benzene rings is 2. The molecule has 0 aliphatic heterocycles. The van der Waals surface area contributed by atoms with Crippen LogP contribution in [0.1, 0.15) is 12.5 Å². The van der Waals surface area contributed by atoms with Crippen molar-refractivity contribution in [3.05, 3.63) is 54.1 Å². The summed E-state index contributed by atoms with van der Waals surface area (Å²) in [6, 6.07) is 14.9. The quantitative estimate of drug-likeness (QED) is 0.859. The average molecular weight is 284 g/mol. The zero-order chi connectivity index (χ0) is 15.2. The fraction of sp³-hybridized carbons (Fsp3) is 0.235. The maximum absolute atomic E-state index is 12.5. The van der Waals surface area contributed by atoms with E-state index < -0.39 is 0 Å². The van der Waals surface area contributed by atoms with Crippen LogP contribution in [0.4, 0.5) is 11.4 Å². The molecule has 0 bridgehead atoms. The third-order valence-electron chi connectivity index (χ3n) is 3.33. The molecule has 1 amide bonds. The molecule has 0 saturated heterocycles. The fourth-order valence-corrected chi connectivity index (χ4v) is 2.27. The van der Waals surface area contributed by atoms with Gasteiger partial charge in [-0.2, -0.15) is 0 Å². The summed E-state index contributed by atoms with van der Waals surface area (Å²) in [7, 11) is 1.62. The number of anilines is 2. The Labute approximate surface area is 125 Å². The number of rotatable bonds is 5. The van der Waals surface area contributed by atoms with Crippen LogP contribution in [0.25, 0.3) is 0 Å². The normalized spacial score (nSPS) is 10.2. The second-order valence-electron chi connectivity index (χ2n) is 4.73. The largest absolute Gasteiger partial charge is 0.497 e. The van der Waals surface area contributed by atoms with Gasteiger partial charge < -0.3 is 15.4 Å². The Morgan fingerprint density at radius 2 is 1.95 bits per heavy atom. The molecule has 4 heteroatoms. The highest BCUT2D eigenvalue weighted by Crippen LogP contribution is 2.23. The molecule has 2 aromatic rings. The molecule has 110 valence electrons. The lowest BCUT2D eigenvalue weighted by Gasteiger charge is -2.22. The number of carbonyl (C=O) groups is 1. The molecule has 0 fully saturated rings. The van der Waals surface area contributed by atoms with Crippen molar-refractivity contribution in [2.24, 2.45) is 0 Å². The summed E-state index contributed by atoms with van der Waals surface area (Å²) in [5.41, 5.74) is 8.25. The van der Waals surface area contributed by atoms with Crippen molar-refractivity contribution in [3.63, 3.8) is 0 Å². The monoisotopic (exact) mass is 284 g/mol. The van der Waals surface area contributed by atoms with Crippen LogP contribution in [0, 0.1) is 0 Å². The minimum atomic E-state index is 0.0173. The summed E-state index contributed by atoms with van der Waals surface area (Å²) >= 11 is 0. The number of para-hydroxylation sites is 2. The number of nitrogens with two attached hydrogens (primary N) is 1. The summed E-state index contributed by atoms with van der Waals surface area (Å²) in [4.78, 5) is 14.2. The predicted octanol–water partition coefficient (Wildman–Crippen LogP) is 2.87. The number of carbonyl (C=O) groups excluding carboxylic acids is 1. The Kier molecular flexibility index (Phi) is 4.82. The molecule has 4 nitrogen and oxygen atoms in total. The SMILES string of the molecule is CCN(C(=O)Cc1cccc(OC)c1)c1ccccc1N. The van der Waals surface area contributed by atoms with Crippen molar-refractivity contribution in [1.82, 2.24) is 0 Å². The third-order valence-corrected chi connectivity index (χ3v) is 3.33. The first kappa shape index (κ1) is 14.9. The first-order valence-electron chi connectivity index (χ1n) is 6.93. The van der Waals surface area contributed by atoms with Crippen molar-refractivity contribution in [2.45, 2.75) is 13.3 Å². The molecule has 0 aromatic heterocycles. The second-order valence-corrected chi connectivity index (χ2v) is 4.73. The first-order valence-corrected chi connectivity index (χ1v) is 6.93. The van der Waals surface area contributed by atoms with Crippen LogP contribution in [-0.4, -0.2) is 19.6 Å². The van der Waals surface area contributed by atoms with Crippen LogP contribution in [-0.2, 0) is 11.2 Å². The molecule has 0 unspecified atom stereocenters. The van der Waals surface area contributed by atoms with E-state index in [1.165, 1.54) is 0 Å². The van der Waals surface area contributed by atoms with Gasteiger partial charge in [0.05, 0.1) is 24.9 Å². The second kappa shape index (κ2) is 6.79. The summed E-state index contributed by atoms with van der Waals surface area (Å²) in [6.45, 7) is 2.52. The van der Waals surface area contributed by atoms with E-state index in [9.17, 15) is 4.79 Å². The van der Waals surface area contributed by atoms with Gasteiger partial charge in [0.25, 0.3) is 0 Å². The van der Waals surface area contributed by atoms with Gasteiger partial charge >= 0.3 is 0 Å². The Hall–Kier alpha value is -2.49. The molecule has 2 rings (SSSR count). The first-order chi connectivity index (χ1) is 10.2. The van der Waals surface area contributed by atoms with Gasteiger partial charge in [0.1, 0.15) is 5.75 Å².